The van der Waals surface area contributed by atoms with E-state index in [2.05, 4.69) is 15.0 Å². The molecule has 1 fully saturated rings. The molecule has 1 aromatic carbocycles. The van der Waals surface area contributed by atoms with Gasteiger partial charge in [-0.2, -0.15) is 4.98 Å². The quantitative estimate of drug-likeness (QED) is 0.927. The van der Waals surface area contributed by atoms with Crippen LogP contribution < -0.4 is 0 Å². The van der Waals surface area contributed by atoms with Crippen LogP contribution in [-0.4, -0.2) is 39.3 Å². The van der Waals surface area contributed by atoms with Gasteiger partial charge < -0.3 is 9.63 Å². The number of piperidine rings is 1. The van der Waals surface area contributed by atoms with Crippen LogP contribution in [0, 0.1) is 5.82 Å². The number of aliphatic hydroxyl groups excluding tert-OH is 1. The summed E-state index contributed by atoms with van der Waals surface area (Å²) in [7, 11) is 0. The Balaban J connectivity index is 1.69. The van der Waals surface area contributed by atoms with E-state index < -0.39 is 0 Å². The average molecular weight is 277 g/mol. The molecule has 2 aromatic rings. The van der Waals surface area contributed by atoms with E-state index in [1.807, 2.05) is 0 Å². The van der Waals surface area contributed by atoms with Crippen molar-refractivity contribution in [3.63, 3.8) is 0 Å². The van der Waals surface area contributed by atoms with Crippen LogP contribution in [0.1, 0.15) is 18.7 Å². The van der Waals surface area contributed by atoms with Gasteiger partial charge in [0.1, 0.15) is 5.82 Å². The van der Waals surface area contributed by atoms with Crippen LogP contribution in [0.15, 0.2) is 28.8 Å². The summed E-state index contributed by atoms with van der Waals surface area (Å²) in [6, 6.07) is 5.97. The summed E-state index contributed by atoms with van der Waals surface area (Å²) in [5, 5.41) is 13.5. The molecule has 1 saturated heterocycles. The largest absolute Gasteiger partial charge is 0.392 e. The SMILES string of the molecule is OC1CCCN(Cc2nc(-c3ccc(F)cc3)no2)C1. The Morgan fingerprint density at radius 2 is 2.15 bits per heavy atom. The lowest BCUT2D eigenvalue weighted by Gasteiger charge is -2.28. The Morgan fingerprint density at radius 1 is 1.35 bits per heavy atom. The fourth-order valence-corrected chi connectivity index (χ4v) is 2.40. The van der Waals surface area contributed by atoms with Crippen molar-refractivity contribution < 1.29 is 14.0 Å². The number of likely N-dealkylation sites (tertiary alicyclic amines) is 1. The van der Waals surface area contributed by atoms with Crippen LogP contribution >= 0.6 is 0 Å². The van der Waals surface area contributed by atoms with Crippen molar-refractivity contribution in [2.24, 2.45) is 0 Å². The van der Waals surface area contributed by atoms with Crippen LogP contribution in [0.25, 0.3) is 11.4 Å². The Morgan fingerprint density at radius 3 is 2.90 bits per heavy atom. The lowest BCUT2D eigenvalue weighted by Crippen LogP contribution is -2.37. The van der Waals surface area contributed by atoms with Crippen molar-refractivity contribution in [1.29, 1.82) is 0 Å². The van der Waals surface area contributed by atoms with Gasteiger partial charge in [-0.1, -0.05) is 5.16 Å². The van der Waals surface area contributed by atoms with Crippen molar-refractivity contribution in [1.82, 2.24) is 15.0 Å². The third-order valence-electron chi connectivity index (χ3n) is 3.41. The molecule has 0 radical (unpaired) electrons. The number of aliphatic hydroxyl groups is 1. The third-order valence-corrected chi connectivity index (χ3v) is 3.41. The number of aromatic nitrogens is 2. The molecule has 1 aliphatic rings. The monoisotopic (exact) mass is 277 g/mol. The van der Waals surface area contributed by atoms with E-state index in [4.69, 9.17) is 4.52 Å². The van der Waals surface area contributed by atoms with Crippen LogP contribution in [0.4, 0.5) is 4.39 Å². The molecule has 6 heteroatoms. The topological polar surface area (TPSA) is 62.4 Å². The number of halogens is 1. The minimum absolute atomic E-state index is 0.275. The highest BCUT2D eigenvalue weighted by molar-refractivity contribution is 5.53. The molecule has 3 rings (SSSR count). The molecule has 2 heterocycles. The van der Waals surface area contributed by atoms with Crippen LogP contribution in [0.2, 0.25) is 0 Å². The van der Waals surface area contributed by atoms with E-state index >= 15 is 0 Å². The zero-order chi connectivity index (χ0) is 13.9. The maximum atomic E-state index is 12.9. The molecule has 0 aliphatic carbocycles. The molecule has 0 saturated carbocycles. The van der Waals surface area contributed by atoms with Crippen LogP contribution in [0.5, 0.6) is 0 Å². The predicted octanol–water partition coefficient (Wildman–Crippen LogP) is 1.83. The third kappa shape index (κ3) is 3.02. The number of rotatable bonds is 3. The maximum absolute atomic E-state index is 12.9. The van der Waals surface area contributed by atoms with E-state index in [1.165, 1.54) is 12.1 Å². The molecule has 106 valence electrons. The molecule has 0 spiro atoms. The van der Waals surface area contributed by atoms with Gasteiger partial charge >= 0.3 is 0 Å². The summed E-state index contributed by atoms with van der Waals surface area (Å²) in [6.45, 7) is 2.09. The molecule has 1 aliphatic heterocycles. The van der Waals surface area contributed by atoms with Gasteiger partial charge in [0, 0.05) is 12.1 Å². The average Bonchev–Trinajstić information content (AvgIpc) is 2.88. The van der Waals surface area contributed by atoms with Gasteiger partial charge in [-0.3, -0.25) is 4.90 Å². The normalized spacial score (nSPS) is 20.2. The van der Waals surface area contributed by atoms with E-state index in [0.717, 1.165) is 24.9 Å². The minimum atomic E-state index is -0.292. The highest BCUT2D eigenvalue weighted by Crippen LogP contribution is 2.18. The standard InChI is InChI=1S/C14H16FN3O2/c15-11-5-3-10(4-6-11)14-16-13(20-17-14)9-18-7-1-2-12(19)8-18/h3-6,12,19H,1-2,7-9H2. The van der Waals surface area contributed by atoms with Crippen molar-refractivity contribution in [2.75, 3.05) is 13.1 Å². The molecule has 20 heavy (non-hydrogen) atoms. The van der Waals surface area contributed by atoms with Crippen molar-refractivity contribution in [2.45, 2.75) is 25.5 Å². The predicted molar refractivity (Wildman–Crippen MR) is 70.2 cm³/mol. The van der Waals surface area contributed by atoms with Gasteiger partial charge in [-0.05, 0) is 43.7 Å². The first-order valence-electron chi connectivity index (χ1n) is 6.69. The number of benzene rings is 1. The smallest absolute Gasteiger partial charge is 0.241 e. The number of hydrogen-bond donors (Lipinski definition) is 1. The molecule has 5 nitrogen and oxygen atoms in total. The van der Waals surface area contributed by atoms with Crippen molar-refractivity contribution in [3.8, 4) is 11.4 Å². The zero-order valence-electron chi connectivity index (χ0n) is 11.0. The van der Waals surface area contributed by atoms with Gasteiger partial charge in [0.25, 0.3) is 0 Å². The zero-order valence-corrected chi connectivity index (χ0v) is 11.0. The Kier molecular flexibility index (Phi) is 3.75. The Labute approximate surface area is 116 Å². The highest BCUT2D eigenvalue weighted by atomic mass is 19.1. The lowest BCUT2D eigenvalue weighted by molar-refractivity contribution is 0.0613. The summed E-state index contributed by atoms with van der Waals surface area (Å²) in [5.74, 6) is 0.677. The summed E-state index contributed by atoms with van der Waals surface area (Å²) >= 11 is 0. The molecule has 1 atom stereocenters. The Hall–Kier alpha value is -1.79. The Bertz CT molecular complexity index is 570. The fraction of sp³-hybridized carbons (Fsp3) is 0.429. The number of β-amino-alcohol motifs (C(OH)–C–C–N with tert-alkyl or cyclic N) is 1. The molecular weight excluding hydrogens is 261 g/mol. The van der Waals surface area contributed by atoms with Crippen LogP contribution in [-0.2, 0) is 6.54 Å². The van der Waals surface area contributed by atoms with Gasteiger partial charge in [0.05, 0.1) is 12.6 Å². The molecule has 1 N–H and O–H groups in total. The van der Waals surface area contributed by atoms with E-state index in [0.29, 0.717) is 24.8 Å². The summed E-state index contributed by atoms with van der Waals surface area (Å²) in [4.78, 5) is 6.40. The molecule has 1 aromatic heterocycles. The summed E-state index contributed by atoms with van der Waals surface area (Å²) < 4.78 is 18.1. The lowest BCUT2D eigenvalue weighted by atomic mass is 10.1. The summed E-state index contributed by atoms with van der Waals surface area (Å²) in [6.07, 6.45) is 1.55. The van der Waals surface area contributed by atoms with Crippen molar-refractivity contribution >= 4 is 0 Å². The molecule has 0 bridgehead atoms. The number of hydrogen-bond acceptors (Lipinski definition) is 5. The molecule has 1 unspecified atom stereocenters. The fourth-order valence-electron chi connectivity index (χ4n) is 2.40. The van der Waals surface area contributed by atoms with Crippen LogP contribution in [0.3, 0.4) is 0 Å². The second kappa shape index (κ2) is 5.68. The van der Waals surface area contributed by atoms with Gasteiger partial charge in [-0.15, -0.1) is 0 Å². The van der Waals surface area contributed by atoms with Gasteiger partial charge in [-0.25, -0.2) is 4.39 Å². The minimum Gasteiger partial charge on any atom is -0.392 e. The first-order valence-corrected chi connectivity index (χ1v) is 6.69. The van der Waals surface area contributed by atoms with Crippen molar-refractivity contribution in [3.05, 3.63) is 36.0 Å². The second-order valence-corrected chi connectivity index (χ2v) is 5.05. The van der Waals surface area contributed by atoms with Gasteiger partial charge in [0.2, 0.25) is 11.7 Å². The molecular formula is C14H16FN3O2. The summed E-state index contributed by atoms with van der Waals surface area (Å²) in [5.41, 5.74) is 0.722. The van der Waals surface area contributed by atoms with Gasteiger partial charge in [0.15, 0.2) is 0 Å². The second-order valence-electron chi connectivity index (χ2n) is 5.05. The highest BCUT2D eigenvalue weighted by Gasteiger charge is 2.20. The maximum Gasteiger partial charge on any atom is 0.241 e. The van der Waals surface area contributed by atoms with E-state index in [9.17, 15) is 9.50 Å². The van der Waals surface area contributed by atoms with E-state index in [1.54, 1.807) is 12.1 Å². The number of nitrogens with zero attached hydrogens (tertiary/aromatic N) is 3. The van der Waals surface area contributed by atoms with E-state index in [-0.39, 0.29) is 11.9 Å². The first kappa shape index (κ1) is 13.2. The molecule has 0 amide bonds. The first-order chi connectivity index (χ1) is 9.70.